The summed E-state index contributed by atoms with van der Waals surface area (Å²) >= 11 is 0. The van der Waals surface area contributed by atoms with Gasteiger partial charge in [-0.15, -0.1) is 0 Å². The van der Waals surface area contributed by atoms with E-state index < -0.39 is 0 Å². The van der Waals surface area contributed by atoms with Crippen LogP contribution < -0.4 is 5.32 Å². The highest BCUT2D eigenvalue weighted by Gasteiger charge is 2.12. The molecule has 0 radical (unpaired) electrons. The highest BCUT2D eigenvalue weighted by molar-refractivity contribution is 5.99. The van der Waals surface area contributed by atoms with Gasteiger partial charge in [0.1, 0.15) is 0 Å². The zero-order chi connectivity index (χ0) is 17.6. The summed E-state index contributed by atoms with van der Waals surface area (Å²) in [6, 6.07) is 3.58. The van der Waals surface area contributed by atoms with Crippen molar-refractivity contribution in [1.82, 2.24) is 10.3 Å². The van der Waals surface area contributed by atoms with Crippen molar-refractivity contribution in [3.63, 3.8) is 0 Å². The number of carbonyl (C=O) groups is 1. The maximum atomic E-state index is 12.4. The van der Waals surface area contributed by atoms with Gasteiger partial charge in [0.2, 0.25) is 0 Å². The minimum absolute atomic E-state index is 0.0766. The molecule has 130 valence electrons. The van der Waals surface area contributed by atoms with E-state index in [1.807, 2.05) is 31.2 Å². The maximum absolute atomic E-state index is 12.4. The second-order valence-electron chi connectivity index (χ2n) is 5.83. The van der Waals surface area contributed by atoms with E-state index in [1.54, 1.807) is 18.3 Å². The first-order valence-electron chi connectivity index (χ1n) is 8.92. The van der Waals surface area contributed by atoms with Crippen LogP contribution in [0.1, 0.15) is 68.4 Å². The second kappa shape index (κ2) is 12.3. The number of amides is 1. The fourth-order valence-electron chi connectivity index (χ4n) is 2.41. The number of nitrogens with zero attached hydrogens (tertiary/aromatic N) is 1. The molecule has 1 N–H and O–H groups in total. The monoisotopic (exact) mass is 326 g/mol. The lowest BCUT2D eigenvalue weighted by Gasteiger charge is -2.09. The Morgan fingerprint density at radius 1 is 1.21 bits per heavy atom. The average molecular weight is 326 g/mol. The minimum Gasteiger partial charge on any atom is -0.352 e. The molecule has 1 aromatic rings. The summed E-state index contributed by atoms with van der Waals surface area (Å²) in [6.45, 7) is 8.89. The summed E-state index contributed by atoms with van der Waals surface area (Å²) in [5, 5.41) is 2.99. The minimum atomic E-state index is -0.0766. The molecular weight excluding hydrogens is 296 g/mol. The molecule has 0 aromatic carbocycles. The van der Waals surface area contributed by atoms with Crippen LogP contribution in [0.2, 0.25) is 0 Å². The van der Waals surface area contributed by atoms with Crippen molar-refractivity contribution in [2.75, 3.05) is 6.54 Å². The van der Waals surface area contributed by atoms with E-state index in [1.165, 1.54) is 32.1 Å². The van der Waals surface area contributed by atoms with Gasteiger partial charge in [0.25, 0.3) is 5.91 Å². The lowest BCUT2D eigenvalue weighted by molar-refractivity contribution is 0.0952. The normalized spacial score (nSPS) is 11.2. The molecule has 0 saturated carbocycles. The van der Waals surface area contributed by atoms with Crippen LogP contribution in [-0.4, -0.2) is 17.4 Å². The van der Waals surface area contributed by atoms with E-state index in [9.17, 15) is 4.79 Å². The van der Waals surface area contributed by atoms with Crippen LogP contribution in [0.3, 0.4) is 0 Å². The Bertz CT molecular complexity index is 573. The number of unbranched alkanes of at least 4 members (excludes halogenated alkanes) is 5. The summed E-state index contributed by atoms with van der Waals surface area (Å²) in [7, 11) is 0. The van der Waals surface area contributed by atoms with Crippen molar-refractivity contribution in [3.05, 3.63) is 60.5 Å². The SMILES string of the molecule is C=C(/C=C\C=C/C)c1ncccc1C(=O)NCCCCCCCC. The molecule has 24 heavy (non-hydrogen) atoms. The number of allylic oxidation sites excluding steroid dienone is 5. The quantitative estimate of drug-likeness (QED) is 0.442. The van der Waals surface area contributed by atoms with Gasteiger partial charge in [0.15, 0.2) is 0 Å². The van der Waals surface area contributed by atoms with E-state index in [0.29, 0.717) is 17.8 Å². The van der Waals surface area contributed by atoms with Gasteiger partial charge in [-0.1, -0.05) is 69.9 Å². The standard InChI is InChI=1S/C21H30N2O/c1-4-6-8-9-10-12-16-23-21(24)19-15-13-17-22-20(19)18(3)14-11-7-5-2/h5,7,11,13-15,17H,3-4,6,8-10,12,16H2,1-2H3,(H,23,24)/b7-5-,14-11-. The topological polar surface area (TPSA) is 42.0 Å². The van der Waals surface area contributed by atoms with Crippen molar-refractivity contribution in [2.45, 2.75) is 52.4 Å². The van der Waals surface area contributed by atoms with Gasteiger partial charge in [-0.25, -0.2) is 0 Å². The third kappa shape index (κ3) is 7.40. The van der Waals surface area contributed by atoms with Gasteiger partial charge in [-0.3, -0.25) is 9.78 Å². The predicted molar refractivity (Wildman–Crippen MR) is 103 cm³/mol. The summed E-state index contributed by atoms with van der Waals surface area (Å²) < 4.78 is 0. The average Bonchev–Trinajstić information content (AvgIpc) is 2.61. The van der Waals surface area contributed by atoms with Gasteiger partial charge in [-0.2, -0.15) is 0 Å². The van der Waals surface area contributed by atoms with Crippen LogP contribution in [0.25, 0.3) is 5.57 Å². The van der Waals surface area contributed by atoms with Crippen LogP contribution in [0.4, 0.5) is 0 Å². The lowest BCUT2D eigenvalue weighted by atomic mass is 10.1. The molecule has 0 bridgehead atoms. The summed E-state index contributed by atoms with van der Waals surface area (Å²) in [5.41, 5.74) is 1.95. The molecule has 1 amide bonds. The molecule has 0 aliphatic heterocycles. The maximum Gasteiger partial charge on any atom is 0.253 e. The zero-order valence-electron chi connectivity index (χ0n) is 15.1. The fourth-order valence-corrected chi connectivity index (χ4v) is 2.41. The first-order chi connectivity index (χ1) is 11.7. The van der Waals surface area contributed by atoms with Crippen molar-refractivity contribution >= 4 is 11.5 Å². The highest BCUT2D eigenvalue weighted by Crippen LogP contribution is 2.16. The van der Waals surface area contributed by atoms with Crippen molar-refractivity contribution in [3.8, 4) is 0 Å². The fraction of sp³-hybridized carbons (Fsp3) is 0.429. The molecule has 1 heterocycles. The Morgan fingerprint density at radius 2 is 1.96 bits per heavy atom. The number of carbonyl (C=O) groups excluding carboxylic acids is 1. The molecule has 1 rings (SSSR count). The predicted octanol–water partition coefficient (Wildman–Crippen LogP) is 5.32. The first-order valence-corrected chi connectivity index (χ1v) is 8.92. The van der Waals surface area contributed by atoms with E-state index >= 15 is 0 Å². The Morgan fingerprint density at radius 3 is 2.71 bits per heavy atom. The molecule has 1 aromatic heterocycles. The third-order valence-electron chi connectivity index (χ3n) is 3.77. The van der Waals surface area contributed by atoms with Crippen LogP contribution in [0.5, 0.6) is 0 Å². The van der Waals surface area contributed by atoms with Crippen molar-refractivity contribution in [2.24, 2.45) is 0 Å². The second-order valence-corrected chi connectivity index (χ2v) is 5.83. The van der Waals surface area contributed by atoms with Gasteiger partial charge in [0.05, 0.1) is 11.3 Å². The smallest absolute Gasteiger partial charge is 0.253 e. The van der Waals surface area contributed by atoms with E-state index in [0.717, 1.165) is 12.0 Å². The molecule has 0 unspecified atom stereocenters. The molecule has 0 atom stereocenters. The summed E-state index contributed by atoms with van der Waals surface area (Å²) in [4.78, 5) is 16.7. The first kappa shape index (κ1) is 19.9. The van der Waals surface area contributed by atoms with E-state index in [-0.39, 0.29) is 5.91 Å². The van der Waals surface area contributed by atoms with Crippen molar-refractivity contribution < 1.29 is 4.79 Å². The molecule has 0 fully saturated rings. The van der Waals surface area contributed by atoms with Gasteiger partial charge >= 0.3 is 0 Å². The Kier molecular flexibility index (Phi) is 10.2. The Labute approximate surface area is 146 Å². The van der Waals surface area contributed by atoms with Crippen LogP contribution in [0.15, 0.2) is 49.2 Å². The molecule has 0 spiro atoms. The molecule has 0 saturated heterocycles. The van der Waals surface area contributed by atoms with E-state index in [2.05, 4.69) is 23.8 Å². The zero-order valence-corrected chi connectivity index (χ0v) is 15.1. The third-order valence-corrected chi connectivity index (χ3v) is 3.77. The highest BCUT2D eigenvalue weighted by atomic mass is 16.1. The van der Waals surface area contributed by atoms with E-state index in [4.69, 9.17) is 0 Å². The van der Waals surface area contributed by atoms with Gasteiger partial charge < -0.3 is 5.32 Å². The molecule has 0 aliphatic rings. The van der Waals surface area contributed by atoms with Crippen LogP contribution >= 0.6 is 0 Å². The van der Waals surface area contributed by atoms with Gasteiger partial charge in [0, 0.05) is 12.7 Å². The molecule has 3 nitrogen and oxygen atoms in total. The van der Waals surface area contributed by atoms with Crippen LogP contribution in [-0.2, 0) is 0 Å². The molecule has 3 heteroatoms. The number of hydrogen-bond acceptors (Lipinski definition) is 2. The van der Waals surface area contributed by atoms with Crippen LogP contribution in [0, 0.1) is 0 Å². The Hall–Kier alpha value is -2.16. The largest absolute Gasteiger partial charge is 0.352 e. The number of hydrogen-bond donors (Lipinski definition) is 1. The number of nitrogens with one attached hydrogen (secondary N) is 1. The molecule has 0 aliphatic carbocycles. The molecular formula is C21H30N2O. The summed E-state index contributed by atoms with van der Waals surface area (Å²) in [6.07, 6.45) is 16.6. The number of aromatic nitrogens is 1. The lowest BCUT2D eigenvalue weighted by Crippen LogP contribution is -2.25. The number of pyridine rings is 1. The number of rotatable bonds is 11. The summed E-state index contributed by atoms with van der Waals surface area (Å²) in [5.74, 6) is -0.0766. The van der Waals surface area contributed by atoms with Crippen molar-refractivity contribution in [1.29, 1.82) is 0 Å². The van der Waals surface area contributed by atoms with Gasteiger partial charge in [-0.05, 0) is 31.1 Å². The Balaban J connectivity index is 2.54.